The number of amides is 1. The number of piperidine rings is 1. The van der Waals surface area contributed by atoms with Gasteiger partial charge in [0.25, 0.3) is 0 Å². The van der Waals surface area contributed by atoms with E-state index in [1.807, 2.05) is 32.9 Å². The predicted octanol–water partition coefficient (Wildman–Crippen LogP) is 1.76. The number of nitrogens with one attached hydrogen (secondary N) is 1. The Bertz CT molecular complexity index is 652. The average molecular weight is 324 g/mol. The maximum atomic E-state index is 12.9. The number of nitrogens with zero attached hydrogens (tertiary/aromatic N) is 1. The van der Waals surface area contributed by atoms with E-state index in [4.69, 9.17) is 0 Å². The second kappa shape index (κ2) is 6.38. The molecule has 1 aliphatic heterocycles. The highest BCUT2D eigenvalue weighted by molar-refractivity contribution is 7.89. The maximum absolute atomic E-state index is 12.9. The van der Waals surface area contributed by atoms with E-state index < -0.39 is 10.0 Å². The van der Waals surface area contributed by atoms with Crippen LogP contribution in [0.25, 0.3) is 0 Å². The van der Waals surface area contributed by atoms with Crippen molar-refractivity contribution < 1.29 is 13.2 Å². The highest BCUT2D eigenvalue weighted by Crippen LogP contribution is 2.28. The van der Waals surface area contributed by atoms with E-state index in [0.29, 0.717) is 30.8 Å². The lowest BCUT2D eigenvalue weighted by Gasteiger charge is -2.31. The Morgan fingerprint density at radius 2 is 1.64 bits per heavy atom. The summed E-state index contributed by atoms with van der Waals surface area (Å²) in [6.07, 6.45) is 1.14. The Kier molecular flexibility index (Phi) is 4.92. The highest BCUT2D eigenvalue weighted by Gasteiger charge is 2.33. The van der Waals surface area contributed by atoms with Gasteiger partial charge in [-0.05, 0) is 44.7 Å². The van der Waals surface area contributed by atoms with Gasteiger partial charge in [-0.2, -0.15) is 4.31 Å². The van der Waals surface area contributed by atoms with E-state index in [9.17, 15) is 13.2 Å². The minimum absolute atomic E-state index is 0.000236. The monoisotopic (exact) mass is 324 g/mol. The van der Waals surface area contributed by atoms with Crippen molar-refractivity contribution in [2.24, 2.45) is 5.92 Å². The number of hydrogen-bond acceptors (Lipinski definition) is 3. The number of aryl methyl sites for hydroxylation is 3. The summed E-state index contributed by atoms with van der Waals surface area (Å²) in [5.74, 6) is -0.0867. The first-order valence-corrected chi connectivity index (χ1v) is 9.01. The van der Waals surface area contributed by atoms with E-state index in [2.05, 4.69) is 5.32 Å². The fourth-order valence-corrected chi connectivity index (χ4v) is 5.15. The normalized spacial score (nSPS) is 17.5. The van der Waals surface area contributed by atoms with Gasteiger partial charge < -0.3 is 5.32 Å². The molecule has 1 amide bonds. The maximum Gasteiger partial charge on any atom is 0.243 e. The molecule has 0 spiro atoms. The molecule has 5 nitrogen and oxygen atoms in total. The van der Waals surface area contributed by atoms with Crippen molar-refractivity contribution in [2.45, 2.75) is 38.5 Å². The fraction of sp³-hybridized carbons (Fsp3) is 0.562. The molecule has 1 aromatic carbocycles. The van der Waals surface area contributed by atoms with Crippen molar-refractivity contribution in [1.29, 1.82) is 0 Å². The summed E-state index contributed by atoms with van der Waals surface area (Å²) >= 11 is 0. The Hall–Kier alpha value is -1.40. The summed E-state index contributed by atoms with van der Waals surface area (Å²) in [6, 6.07) is 3.80. The van der Waals surface area contributed by atoms with Gasteiger partial charge in [0, 0.05) is 26.1 Å². The quantitative estimate of drug-likeness (QED) is 0.921. The lowest BCUT2D eigenvalue weighted by Crippen LogP contribution is -2.42. The molecular weight excluding hydrogens is 300 g/mol. The first kappa shape index (κ1) is 17.0. The molecule has 2 rings (SSSR count). The minimum Gasteiger partial charge on any atom is -0.359 e. The third-order valence-corrected chi connectivity index (χ3v) is 6.48. The van der Waals surface area contributed by atoms with Crippen LogP contribution in [0.4, 0.5) is 0 Å². The lowest BCUT2D eigenvalue weighted by atomic mass is 9.97. The van der Waals surface area contributed by atoms with Gasteiger partial charge in [0.15, 0.2) is 0 Å². The van der Waals surface area contributed by atoms with Crippen molar-refractivity contribution in [3.8, 4) is 0 Å². The zero-order chi connectivity index (χ0) is 16.5. The van der Waals surface area contributed by atoms with E-state index in [1.165, 1.54) is 4.31 Å². The molecule has 1 N–H and O–H groups in total. The van der Waals surface area contributed by atoms with Gasteiger partial charge in [-0.3, -0.25) is 4.79 Å². The number of hydrogen-bond donors (Lipinski definition) is 1. The molecular formula is C16H24N2O3S. The second-order valence-electron chi connectivity index (χ2n) is 6.02. The smallest absolute Gasteiger partial charge is 0.243 e. The van der Waals surface area contributed by atoms with Gasteiger partial charge in [0.2, 0.25) is 15.9 Å². The van der Waals surface area contributed by atoms with Crippen LogP contribution in [0.3, 0.4) is 0 Å². The zero-order valence-electron chi connectivity index (χ0n) is 13.6. The number of sulfonamides is 1. The number of rotatable bonds is 3. The van der Waals surface area contributed by atoms with Crippen molar-refractivity contribution in [3.63, 3.8) is 0 Å². The van der Waals surface area contributed by atoms with Crippen molar-refractivity contribution in [1.82, 2.24) is 9.62 Å². The van der Waals surface area contributed by atoms with Gasteiger partial charge >= 0.3 is 0 Å². The molecule has 6 heteroatoms. The van der Waals surface area contributed by atoms with Crippen LogP contribution in [0.5, 0.6) is 0 Å². The van der Waals surface area contributed by atoms with E-state index in [1.54, 1.807) is 7.05 Å². The van der Waals surface area contributed by atoms with Gasteiger partial charge in [-0.1, -0.05) is 17.7 Å². The third-order valence-electron chi connectivity index (χ3n) is 4.27. The molecule has 1 saturated heterocycles. The van der Waals surface area contributed by atoms with Crippen LogP contribution in [-0.2, 0) is 14.8 Å². The van der Waals surface area contributed by atoms with Gasteiger partial charge in [-0.15, -0.1) is 0 Å². The lowest BCUT2D eigenvalue weighted by molar-refractivity contribution is -0.125. The Balaban J connectivity index is 2.25. The van der Waals surface area contributed by atoms with Crippen LogP contribution < -0.4 is 5.32 Å². The average Bonchev–Trinajstić information content (AvgIpc) is 2.45. The minimum atomic E-state index is -3.49. The number of carbonyl (C=O) groups excluding carboxylic acids is 1. The molecule has 0 saturated carbocycles. The number of carbonyl (C=O) groups is 1. The summed E-state index contributed by atoms with van der Waals surface area (Å²) < 4.78 is 27.3. The summed E-state index contributed by atoms with van der Waals surface area (Å²) in [6.45, 7) is 6.43. The predicted molar refractivity (Wildman–Crippen MR) is 86.2 cm³/mol. The van der Waals surface area contributed by atoms with Crippen LogP contribution in [0.15, 0.2) is 17.0 Å². The van der Waals surface area contributed by atoms with Crippen molar-refractivity contribution in [2.75, 3.05) is 20.1 Å². The van der Waals surface area contributed by atoms with E-state index in [0.717, 1.165) is 16.7 Å². The number of benzene rings is 1. The molecule has 0 atom stereocenters. The third kappa shape index (κ3) is 3.17. The van der Waals surface area contributed by atoms with Gasteiger partial charge in [0.05, 0.1) is 4.90 Å². The van der Waals surface area contributed by atoms with E-state index in [-0.39, 0.29) is 11.8 Å². The first-order valence-electron chi connectivity index (χ1n) is 7.57. The van der Waals surface area contributed by atoms with Crippen LogP contribution in [-0.4, -0.2) is 38.8 Å². The molecule has 0 bridgehead atoms. The Morgan fingerprint density at radius 1 is 1.14 bits per heavy atom. The molecule has 0 radical (unpaired) electrons. The second-order valence-corrected chi connectivity index (χ2v) is 7.90. The van der Waals surface area contributed by atoms with Crippen LogP contribution in [0.1, 0.15) is 29.5 Å². The zero-order valence-corrected chi connectivity index (χ0v) is 14.5. The highest BCUT2D eigenvalue weighted by atomic mass is 32.2. The molecule has 1 fully saturated rings. The molecule has 1 aromatic rings. The van der Waals surface area contributed by atoms with Crippen molar-refractivity contribution >= 4 is 15.9 Å². The van der Waals surface area contributed by atoms with Gasteiger partial charge in [-0.25, -0.2) is 8.42 Å². The molecule has 0 aliphatic carbocycles. The van der Waals surface area contributed by atoms with Crippen LogP contribution in [0.2, 0.25) is 0 Å². The summed E-state index contributed by atoms with van der Waals surface area (Å²) in [7, 11) is -1.88. The van der Waals surface area contributed by atoms with Crippen LogP contribution in [0, 0.1) is 26.7 Å². The van der Waals surface area contributed by atoms with Gasteiger partial charge in [0.1, 0.15) is 0 Å². The van der Waals surface area contributed by atoms with E-state index >= 15 is 0 Å². The first-order chi connectivity index (χ1) is 10.3. The molecule has 1 heterocycles. The SMILES string of the molecule is CNC(=O)C1CCN(S(=O)(=O)c2c(C)cc(C)cc2C)CC1. The molecule has 22 heavy (non-hydrogen) atoms. The summed E-state index contributed by atoms with van der Waals surface area (Å²) in [5, 5.41) is 2.64. The molecule has 122 valence electrons. The largest absolute Gasteiger partial charge is 0.359 e. The fourth-order valence-electron chi connectivity index (χ4n) is 3.27. The van der Waals surface area contributed by atoms with Crippen molar-refractivity contribution in [3.05, 3.63) is 28.8 Å². The summed E-state index contributed by atoms with van der Waals surface area (Å²) in [5.41, 5.74) is 2.63. The molecule has 0 unspecified atom stereocenters. The molecule has 1 aliphatic rings. The summed E-state index contributed by atoms with van der Waals surface area (Å²) in [4.78, 5) is 12.1. The topological polar surface area (TPSA) is 66.5 Å². The Labute approximate surface area is 132 Å². The Morgan fingerprint density at radius 3 is 2.09 bits per heavy atom. The molecule has 0 aromatic heterocycles. The van der Waals surface area contributed by atoms with Crippen LogP contribution >= 0.6 is 0 Å². The standard InChI is InChI=1S/C16H24N2O3S/c1-11-9-12(2)15(13(3)10-11)22(20,21)18-7-5-14(6-8-18)16(19)17-4/h9-10,14H,5-8H2,1-4H3,(H,17,19).